The van der Waals surface area contributed by atoms with Crippen molar-refractivity contribution in [3.8, 4) is 0 Å². The fourth-order valence-corrected chi connectivity index (χ4v) is 5.61. The van der Waals surface area contributed by atoms with Crippen LogP contribution in [0.25, 0.3) is 11.2 Å². The lowest BCUT2D eigenvalue weighted by Gasteiger charge is -2.39. The zero-order valence-electron chi connectivity index (χ0n) is 17.3. The van der Waals surface area contributed by atoms with Crippen molar-refractivity contribution in [2.24, 2.45) is 5.41 Å². The molecule has 0 amide bonds. The molecule has 0 radical (unpaired) electrons. The molecule has 2 aliphatic rings. The second-order valence-electron chi connectivity index (χ2n) is 8.58. The molecule has 1 spiro atoms. The molecule has 2 saturated heterocycles. The molecular formula is C20H25F2N7OS. The number of nitrogens with zero attached hydrogens (tertiary/aromatic N) is 7. The summed E-state index contributed by atoms with van der Waals surface area (Å²) in [5, 5.41) is 15.7. The molecule has 8 nitrogen and oxygen atoms in total. The fraction of sp³-hybridized carbons (Fsp3) is 0.600. The van der Waals surface area contributed by atoms with Crippen molar-refractivity contribution in [3.05, 3.63) is 28.5 Å². The first-order valence-electron chi connectivity index (χ1n) is 10.5. The third-order valence-corrected chi connectivity index (χ3v) is 7.29. The summed E-state index contributed by atoms with van der Waals surface area (Å²) in [7, 11) is 0. The Balaban J connectivity index is 1.26. The molecule has 5 heterocycles. The van der Waals surface area contributed by atoms with E-state index >= 15 is 0 Å². The highest BCUT2D eigenvalue weighted by Gasteiger charge is 2.45. The maximum absolute atomic E-state index is 12.8. The number of aliphatic hydroxyl groups is 1. The number of aliphatic hydroxyl groups excluding tert-OH is 1. The van der Waals surface area contributed by atoms with Gasteiger partial charge in [-0.25, -0.2) is 28.4 Å². The lowest BCUT2D eigenvalue weighted by molar-refractivity contribution is 0.0332. The van der Waals surface area contributed by atoms with Crippen molar-refractivity contribution < 1.29 is 13.9 Å². The molecular weight excluding hydrogens is 424 g/mol. The molecule has 5 rings (SSSR count). The molecule has 11 heteroatoms. The molecule has 1 unspecified atom stereocenters. The lowest BCUT2D eigenvalue weighted by atomic mass is 9.77. The minimum absolute atomic E-state index is 0.0879. The van der Waals surface area contributed by atoms with Gasteiger partial charge < -0.3 is 10.0 Å². The van der Waals surface area contributed by atoms with Crippen molar-refractivity contribution in [3.63, 3.8) is 0 Å². The molecule has 0 aromatic carbocycles. The summed E-state index contributed by atoms with van der Waals surface area (Å²) in [6.45, 7) is 4.69. The Morgan fingerprint density at radius 1 is 1.23 bits per heavy atom. The summed E-state index contributed by atoms with van der Waals surface area (Å²) in [6, 6.07) is 0. The Morgan fingerprint density at radius 2 is 2.03 bits per heavy atom. The van der Waals surface area contributed by atoms with E-state index in [1.165, 1.54) is 15.8 Å². The smallest absolute Gasteiger partial charge is 0.258 e. The number of fused-ring (bicyclic) bond motifs is 1. The normalized spacial score (nSPS) is 21.7. The molecule has 0 aliphatic carbocycles. The monoisotopic (exact) mass is 449 g/mol. The van der Waals surface area contributed by atoms with E-state index in [4.69, 9.17) is 0 Å². The average Bonchev–Trinajstić information content (AvgIpc) is 3.41. The van der Waals surface area contributed by atoms with Crippen LogP contribution in [-0.4, -0.2) is 67.0 Å². The quantitative estimate of drug-likeness (QED) is 0.641. The molecule has 166 valence electrons. The highest BCUT2D eigenvalue weighted by atomic mass is 32.1. The van der Waals surface area contributed by atoms with Crippen LogP contribution < -0.4 is 4.90 Å². The van der Waals surface area contributed by atoms with E-state index < -0.39 is 19.2 Å². The highest BCUT2D eigenvalue weighted by molar-refractivity contribution is 7.11. The molecule has 3 aromatic heterocycles. The predicted molar refractivity (Wildman–Crippen MR) is 113 cm³/mol. The largest absolute Gasteiger partial charge is 0.378 e. The molecule has 2 aliphatic heterocycles. The van der Waals surface area contributed by atoms with E-state index in [0.29, 0.717) is 17.0 Å². The van der Waals surface area contributed by atoms with Gasteiger partial charge in [-0.2, -0.15) is 5.10 Å². The summed E-state index contributed by atoms with van der Waals surface area (Å²) >= 11 is 1.67. The Hall–Kier alpha value is -2.24. The van der Waals surface area contributed by atoms with Crippen molar-refractivity contribution in [2.45, 2.75) is 51.9 Å². The summed E-state index contributed by atoms with van der Waals surface area (Å²) in [5.74, 6) is 0.689. The number of piperidine rings is 1. The number of anilines is 1. The van der Waals surface area contributed by atoms with Gasteiger partial charge in [-0.3, -0.25) is 4.90 Å². The molecule has 2 fully saturated rings. The third-order valence-electron chi connectivity index (χ3n) is 6.40. The molecule has 0 bridgehead atoms. The van der Waals surface area contributed by atoms with Gasteiger partial charge in [0.1, 0.15) is 24.1 Å². The van der Waals surface area contributed by atoms with Crippen LogP contribution in [0.1, 0.15) is 29.1 Å². The van der Waals surface area contributed by atoms with Gasteiger partial charge in [0.2, 0.25) is 0 Å². The Morgan fingerprint density at radius 3 is 2.74 bits per heavy atom. The van der Waals surface area contributed by atoms with E-state index in [0.717, 1.165) is 50.4 Å². The second-order valence-corrected chi connectivity index (χ2v) is 9.90. The molecule has 1 atom stereocenters. The minimum atomic E-state index is -2.49. The molecule has 31 heavy (non-hydrogen) atoms. The minimum Gasteiger partial charge on any atom is -0.378 e. The second kappa shape index (κ2) is 8.03. The van der Waals surface area contributed by atoms with Crippen LogP contribution in [0.4, 0.5) is 14.6 Å². The van der Waals surface area contributed by atoms with Gasteiger partial charge >= 0.3 is 0 Å². The Bertz CT molecular complexity index is 1060. The van der Waals surface area contributed by atoms with Crippen LogP contribution in [0.5, 0.6) is 0 Å². The number of rotatable bonds is 5. The first-order valence-corrected chi connectivity index (χ1v) is 11.3. The van der Waals surface area contributed by atoms with Crippen LogP contribution in [0.2, 0.25) is 0 Å². The maximum atomic E-state index is 12.8. The van der Waals surface area contributed by atoms with Gasteiger partial charge in [0.05, 0.1) is 17.4 Å². The Kier molecular flexibility index (Phi) is 5.35. The SMILES string of the molecule is Cc1ncc(CN2CC3(CCN(c4cnc5cnn(CC(F)F)c5n4)CC3)CC2O)s1. The number of hydrogen-bond acceptors (Lipinski definition) is 8. The van der Waals surface area contributed by atoms with Gasteiger partial charge in [-0.15, -0.1) is 11.3 Å². The van der Waals surface area contributed by atoms with E-state index in [-0.39, 0.29) is 5.41 Å². The first kappa shape index (κ1) is 20.7. The van der Waals surface area contributed by atoms with Crippen LogP contribution in [-0.2, 0) is 13.1 Å². The van der Waals surface area contributed by atoms with Gasteiger partial charge in [0, 0.05) is 37.3 Å². The van der Waals surface area contributed by atoms with Gasteiger partial charge in [-0.05, 0) is 31.6 Å². The zero-order valence-corrected chi connectivity index (χ0v) is 18.1. The first-order chi connectivity index (χ1) is 14.9. The Labute approximate surface area is 182 Å². The molecule has 0 saturated carbocycles. The molecule has 3 aromatic rings. The predicted octanol–water partition coefficient (Wildman–Crippen LogP) is 2.67. The van der Waals surface area contributed by atoms with Crippen molar-refractivity contribution >= 4 is 28.3 Å². The zero-order chi connectivity index (χ0) is 21.6. The number of alkyl halides is 2. The van der Waals surface area contributed by atoms with Crippen LogP contribution in [0.3, 0.4) is 0 Å². The standard InChI is InChI=1S/C20H25F2N7OS/c1-13-23-7-14(31-13)10-28-12-20(6-18(28)30)2-4-27(5-3-20)17-9-24-15-8-25-29(11-16(21)22)19(15)26-17/h7-9,16,18,30H,2-6,10-12H2,1H3. The maximum Gasteiger partial charge on any atom is 0.258 e. The van der Waals surface area contributed by atoms with E-state index in [2.05, 4.69) is 29.9 Å². The number of halogens is 2. The summed E-state index contributed by atoms with van der Waals surface area (Å²) in [5.41, 5.74) is 0.996. The highest BCUT2D eigenvalue weighted by Crippen LogP contribution is 2.44. The van der Waals surface area contributed by atoms with Crippen molar-refractivity contribution in [1.29, 1.82) is 0 Å². The van der Waals surface area contributed by atoms with Crippen molar-refractivity contribution in [2.75, 3.05) is 24.5 Å². The van der Waals surface area contributed by atoms with E-state index in [1.54, 1.807) is 17.5 Å². The van der Waals surface area contributed by atoms with Crippen LogP contribution in [0, 0.1) is 12.3 Å². The molecule has 1 N–H and O–H groups in total. The number of thiazole rings is 1. The van der Waals surface area contributed by atoms with Gasteiger partial charge in [0.15, 0.2) is 5.65 Å². The van der Waals surface area contributed by atoms with Gasteiger partial charge in [-0.1, -0.05) is 0 Å². The lowest BCUT2D eigenvalue weighted by Crippen LogP contribution is -2.42. The van der Waals surface area contributed by atoms with Crippen LogP contribution >= 0.6 is 11.3 Å². The number of aromatic nitrogens is 5. The fourth-order valence-electron chi connectivity index (χ4n) is 4.79. The summed E-state index contributed by atoms with van der Waals surface area (Å²) in [4.78, 5) is 18.7. The van der Waals surface area contributed by atoms with Gasteiger partial charge in [0.25, 0.3) is 6.43 Å². The third kappa shape index (κ3) is 4.13. The number of hydrogen-bond donors (Lipinski definition) is 1. The van der Waals surface area contributed by atoms with Crippen LogP contribution in [0.15, 0.2) is 18.6 Å². The van der Waals surface area contributed by atoms with E-state index in [9.17, 15) is 13.9 Å². The number of likely N-dealkylation sites (tertiary alicyclic amines) is 1. The average molecular weight is 450 g/mol. The van der Waals surface area contributed by atoms with Crippen molar-refractivity contribution in [1.82, 2.24) is 29.6 Å². The number of aryl methyl sites for hydroxylation is 1. The van der Waals surface area contributed by atoms with E-state index in [1.807, 2.05) is 13.1 Å². The summed E-state index contributed by atoms with van der Waals surface area (Å²) in [6.07, 6.45) is 4.78. The topological polar surface area (TPSA) is 83.2 Å². The summed E-state index contributed by atoms with van der Waals surface area (Å²) < 4.78 is 26.8.